The molecule has 0 radical (unpaired) electrons. The van der Waals surface area contributed by atoms with E-state index in [-0.39, 0.29) is 41.6 Å². The molecule has 36 heavy (non-hydrogen) atoms. The van der Waals surface area contributed by atoms with E-state index in [2.05, 4.69) is 19.9 Å². The first-order valence-corrected chi connectivity index (χ1v) is 12.8. The predicted molar refractivity (Wildman–Crippen MR) is 135 cm³/mol. The lowest BCUT2D eigenvalue weighted by atomic mass is 9.91. The van der Waals surface area contributed by atoms with Crippen molar-refractivity contribution in [3.63, 3.8) is 0 Å². The number of nitrogens with two attached hydrogens (primary N) is 1. The van der Waals surface area contributed by atoms with Crippen molar-refractivity contribution in [1.82, 2.24) is 24.4 Å². The van der Waals surface area contributed by atoms with Crippen molar-refractivity contribution in [2.75, 3.05) is 37.4 Å². The van der Waals surface area contributed by atoms with Crippen LogP contribution in [0.4, 0.5) is 15.3 Å². The lowest BCUT2D eigenvalue weighted by Gasteiger charge is -2.31. The van der Waals surface area contributed by atoms with Gasteiger partial charge in [0.15, 0.2) is 10.9 Å². The van der Waals surface area contributed by atoms with Gasteiger partial charge in [0.05, 0.1) is 47.4 Å². The SMILES string of the molecule is COc1nc(N2C(CO)CN3CC32)c2c(=O)n(C3CCC3)c(-c3ccc(F)c4sc(N)nc34)cc2n1. The van der Waals surface area contributed by atoms with Gasteiger partial charge in [0.2, 0.25) is 0 Å². The normalized spacial score (nSPS) is 23.3. The van der Waals surface area contributed by atoms with Crippen LogP contribution in [0.3, 0.4) is 0 Å². The van der Waals surface area contributed by atoms with E-state index in [0.29, 0.717) is 44.7 Å². The number of methoxy groups -OCH3 is 1. The highest BCUT2D eigenvalue weighted by atomic mass is 32.1. The summed E-state index contributed by atoms with van der Waals surface area (Å²) in [5.74, 6) is 0.0818. The van der Waals surface area contributed by atoms with Crippen LogP contribution >= 0.6 is 11.3 Å². The Balaban J connectivity index is 1.54. The Morgan fingerprint density at radius 3 is 2.81 bits per heavy atom. The van der Waals surface area contributed by atoms with Crippen molar-refractivity contribution in [3.8, 4) is 17.3 Å². The third-order valence-electron chi connectivity index (χ3n) is 7.57. The second-order valence-electron chi connectivity index (χ2n) is 9.59. The van der Waals surface area contributed by atoms with Crippen LogP contribution in [-0.2, 0) is 0 Å². The Hall–Kier alpha value is -3.35. The minimum absolute atomic E-state index is 0.00702. The number of halogens is 1. The molecule has 3 atom stereocenters. The zero-order chi connectivity index (χ0) is 24.7. The van der Waals surface area contributed by atoms with Crippen molar-refractivity contribution in [2.24, 2.45) is 0 Å². The smallest absolute Gasteiger partial charge is 0.318 e. The van der Waals surface area contributed by atoms with Crippen LogP contribution in [0.15, 0.2) is 23.0 Å². The quantitative estimate of drug-likeness (QED) is 0.390. The maximum absolute atomic E-state index is 14.6. The van der Waals surface area contributed by atoms with E-state index in [1.807, 2.05) is 11.0 Å². The number of aliphatic hydroxyl groups excluding tert-OH is 1. The van der Waals surface area contributed by atoms with Gasteiger partial charge >= 0.3 is 6.01 Å². The van der Waals surface area contributed by atoms with E-state index < -0.39 is 5.82 Å². The molecular formula is C24H24FN7O3S. The van der Waals surface area contributed by atoms with E-state index in [1.54, 1.807) is 10.6 Å². The standard InChI is InChI=1S/C24H24FN7O3S/c1-35-24-27-15-7-16(13-5-6-14(25)20-19(13)28-23(26)36-20)31(11-3-2-4-11)22(34)18(15)21(29-24)32-12(10-33)8-30-9-17(30)32/h5-7,11-12,17,33H,2-4,8-10H2,1H3,(H2,26,28). The van der Waals surface area contributed by atoms with Gasteiger partial charge in [-0.05, 0) is 37.5 Å². The van der Waals surface area contributed by atoms with Gasteiger partial charge in [-0.3, -0.25) is 9.69 Å². The lowest BCUT2D eigenvalue weighted by molar-refractivity contribution is 0.261. The van der Waals surface area contributed by atoms with Crippen molar-refractivity contribution in [3.05, 3.63) is 34.4 Å². The van der Waals surface area contributed by atoms with E-state index in [9.17, 15) is 14.3 Å². The molecule has 3 aromatic heterocycles. The number of nitrogen functional groups attached to an aromatic ring is 1. The molecule has 0 spiro atoms. The first kappa shape index (κ1) is 21.9. The Morgan fingerprint density at radius 2 is 2.08 bits per heavy atom. The summed E-state index contributed by atoms with van der Waals surface area (Å²) in [4.78, 5) is 32.1. The molecule has 4 aromatic rings. The number of pyridine rings is 1. The van der Waals surface area contributed by atoms with Gasteiger partial charge in [0.1, 0.15) is 11.2 Å². The fourth-order valence-electron chi connectivity index (χ4n) is 5.56. The lowest BCUT2D eigenvalue weighted by Crippen LogP contribution is -2.40. The Morgan fingerprint density at radius 1 is 1.25 bits per heavy atom. The fraction of sp³-hybridized carbons (Fsp3) is 0.417. The van der Waals surface area contributed by atoms with Crippen molar-refractivity contribution in [1.29, 1.82) is 0 Å². The molecule has 2 saturated heterocycles. The van der Waals surface area contributed by atoms with Crippen LogP contribution < -0.4 is 20.9 Å². The van der Waals surface area contributed by atoms with Crippen LogP contribution in [0.1, 0.15) is 25.3 Å². The monoisotopic (exact) mass is 509 g/mol. The Bertz CT molecular complexity index is 1600. The molecule has 5 heterocycles. The number of nitrogens with zero attached hydrogens (tertiary/aromatic N) is 6. The van der Waals surface area contributed by atoms with Crippen LogP contribution in [0, 0.1) is 5.82 Å². The summed E-state index contributed by atoms with van der Waals surface area (Å²) in [7, 11) is 1.49. The molecule has 186 valence electrons. The summed E-state index contributed by atoms with van der Waals surface area (Å²) in [6.45, 7) is 1.52. The summed E-state index contributed by atoms with van der Waals surface area (Å²) in [5.41, 5.74) is 7.84. The molecule has 0 bridgehead atoms. The van der Waals surface area contributed by atoms with Crippen molar-refractivity contribution < 1.29 is 14.2 Å². The Labute approximate surface area is 208 Å². The molecule has 3 N–H and O–H groups in total. The number of benzene rings is 1. The number of rotatable bonds is 5. The number of hydrogen-bond acceptors (Lipinski definition) is 10. The third-order valence-corrected chi connectivity index (χ3v) is 8.47. The highest BCUT2D eigenvalue weighted by Crippen LogP contribution is 2.42. The highest BCUT2D eigenvalue weighted by Gasteiger charge is 2.51. The van der Waals surface area contributed by atoms with Gasteiger partial charge in [-0.15, -0.1) is 0 Å². The molecule has 0 amide bonds. The van der Waals surface area contributed by atoms with Gasteiger partial charge in [-0.25, -0.2) is 9.37 Å². The van der Waals surface area contributed by atoms with Crippen LogP contribution in [-0.4, -0.2) is 68.5 Å². The molecule has 1 aliphatic carbocycles. The summed E-state index contributed by atoms with van der Waals surface area (Å²) in [5, 5.41) is 10.7. The number of aliphatic hydroxyl groups is 1. The number of hydrogen-bond donors (Lipinski definition) is 2. The molecule has 10 nitrogen and oxygen atoms in total. The zero-order valence-corrected chi connectivity index (χ0v) is 20.3. The summed E-state index contributed by atoms with van der Waals surface area (Å²) < 4.78 is 22.1. The van der Waals surface area contributed by atoms with Crippen molar-refractivity contribution >= 4 is 43.4 Å². The number of ether oxygens (including phenoxy) is 1. The molecular weight excluding hydrogens is 485 g/mol. The van der Waals surface area contributed by atoms with E-state index in [0.717, 1.165) is 37.1 Å². The van der Waals surface area contributed by atoms with Gasteiger partial charge in [-0.1, -0.05) is 11.3 Å². The summed E-state index contributed by atoms with van der Waals surface area (Å²) in [6, 6.07) is 4.86. The highest BCUT2D eigenvalue weighted by molar-refractivity contribution is 7.22. The number of piperazine rings is 1. The minimum atomic E-state index is -0.398. The summed E-state index contributed by atoms with van der Waals surface area (Å²) >= 11 is 1.09. The van der Waals surface area contributed by atoms with Crippen LogP contribution in [0.5, 0.6) is 6.01 Å². The van der Waals surface area contributed by atoms with Gasteiger partial charge < -0.3 is 25.0 Å². The van der Waals surface area contributed by atoms with Gasteiger partial charge in [0.25, 0.3) is 5.56 Å². The minimum Gasteiger partial charge on any atom is -0.467 e. The average Bonchev–Trinajstić information content (AvgIpc) is 3.32. The van der Waals surface area contributed by atoms with Crippen LogP contribution in [0.25, 0.3) is 32.4 Å². The fourth-order valence-corrected chi connectivity index (χ4v) is 6.32. The first-order valence-electron chi connectivity index (χ1n) is 12.0. The third kappa shape index (κ3) is 3.07. The predicted octanol–water partition coefficient (Wildman–Crippen LogP) is 2.35. The van der Waals surface area contributed by atoms with Crippen molar-refractivity contribution in [2.45, 2.75) is 37.5 Å². The number of anilines is 2. The number of fused-ring (bicyclic) bond motifs is 3. The summed E-state index contributed by atoms with van der Waals surface area (Å²) in [6.07, 6.45) is 2.86. The second-order valence-corrected chi connectivity index (χ2v) is 10.6. The number of aromatic nitrogens is 4. The van der Waals surface area contributed by atoms with Crippen LogP contribution in [0.2, 0.25) is 0 Å². The molecule has 1 aromatic carbocycles. The largest absolute Gasteiger partial charge is 0.467 e. The maximum atomic E-state index is 14.6. The molecule has 7 rings (SSSR count). The Kier molecular flexibility index (Phi) is 4.76. The van der Waals surface area contributed by atoms with Gasteiger partial charge in [0, 0.05) is 24.7 Å². The van der Waals surface area contributed by atoms with E-state index >= 15 is 0 Å². The molecule has 12 heteroatoms. The molecule has 2 aliphatic heterocycles. The molecule has 3 unspecified atom stereocenters. The van der Waals surface area contributed by atoms with E-state index in [4.69, 9.17) is 10.5 Å². The number of thiazole rings is 1. The van der Waals surface area contributed by atoms with Gasteiger partial charge in [-0.2, -0.15) is 9.97 Å². The first-order chi connectivity index (χ1) is 17.5. The maximum Gasteiger partial charge on any atom is 0.318 e. The zero-order valence-electron chi connectivity index (χ0n) is 19.5. The van der Waals surface area contributed by atoms with E-state index in [1.165, 1.54) is 13.2 Å². The topological polar surface area (TPSA) is 122 Å². The molecule has 1 saturated carbocycles. The molecule has 3 fully saturated rings. The molecule has 3 aliphatic rings. The second kappa shape index (κ2) is 7.82. The average molecular weight is 510 g/mol.